The molecule has 1 aliphatic rings. The molecule has 1 atom stereocenters. The molecule has 0 spiro atoms. The molecule has 8 heteroatoms. The van der Waals surface area contributed by atoms with Gasteiger partial charge in [-0.15, -0.1) is 0 Å². The van der Waals surface area contributed by atoms with Gasteiger partial charge in [0.05, 0.1) is 11.6 Å². The quantitative estimate of drug-likeness (QED) is 0.639. The van der Waals surface area contributed by atoms with E-state index in [0.717, 1.165) is 30.9 Å². The first-order valence-corrected chi connectivity index (χ1v) is 8.99. The summed E-state index contributed by atoms with van der Waals surface area (Å²) in [4.78, 5) is 25.0. The van der Waals surface area contributed by atoms with Crippen LogP contribution in [0.2, 0.25) is 0 Å². The third-order valence-electron chi connectivity index (χ3n) is 4.84. The molecule has 8 nitrogen and oxygen atoms in total. The highest BCUT2D eigenvalue weighted by Gasteiger charge is 2.28. The Morgan fingerprint density at radius 1 is 1.30 bits per heavy atom. The lowest BCUT2D eigenvalue weighted by molar-refractivity contribution is 0.0482. The summed E-state index contributed by atoms with van der Waals surface area (Å²) in [5.41, 5.74) is 1.53. The summed E-state index contributed by atoms with van der Waals surface area (Å²) < 4.78 is 7.35. The van der Waals surface area contributed by atoms with Crippen molar-refractivity contribution < 1.29 is 9.53 Å². The zero-order valence-electron chi connectivity index (χ0n) is 15.4. The standard InChI is InChI=1S/C19H22N6O2/c1-23(2)15-6-3-5-14(11-15)18(26)27-12-16-7-4-10-24(16)17-8-9-20-19-21-13-22-25(17)19/h3,5-6,8-9,11,13,16H,4,7,10,12H2,1-2H3. The van der Waals surface area contributed by atoms with Crippen molar-refractivity contribution >= 4 is 23.3 Å². The van der Waals surface area contributed by atoms with E-state index in [-0.39, 0.29) is 12.0 Å². The van der Waals surface area contributed by atoms with Crippen molar-refractivity contribution in [3.63, 3.8) is 0 Å². The van der Waals surface area contributed by atoms with Crippen LogP contribution in [0, 0.1) is 0 Å². The summed E-state index contributed by atoms with van der Waals surface area (Å²) in [6, 6.07) is 9.48. The van der Waals surface area contributed by atoms with Crippen LogP contribution < -0.4 is 9.80 Å². The molecule has 0 N–H and O–H groups in total. The number of hydrogen-bond acceptors (Lipinski definition) is 7. The van der Waals surface area contributed by atoms with Gasteiger partial charge in [0, 0.05) is 32.5 Å². The van der Waals surface area contributed by atoms with Crippen molar-refractivity contribution in [2.45, 2.75) is 18.9 Å². The SMILES string of the molecule is CN(C)c1cccc(C(=O)OCC2CCCN2c2ccnc3ncnn23)c1. The summed E-state index contributed by atoms with van der Waals surface area (Å²) in [5, 5.41) is 4.26. The maximum absolute atomic E-state index is 12.5. The molecule has 4 rings (SSSR count). The second-order valence-corrected chi connectivity index (χ2v) is 6.81. The average Bonchev–Trinajstić information content (AvgIpc) is 3.35. The number of hydrogen-bond donors (Lipinski definition) is 0. The van der Waals surface area contributed by atoms with E-state index in [9.17, 15) is 4.79 Å². The first-order chi connectivity index (χ1) is 13.1. The summed E-state index contributed by atoms with van der Waals surface area (Å²) >= 11 is 0. The molecular formula is C19H22N6O2. The Balaban J connectivity index is 1.47. The Bertz CT molecular complexity index is 954. The Hall–Kier alpha value is -3.16. The molecule has 2 aromatic heterocycles. The molecule has 1 saturated heterocycles. The van der Waals surface area contributed by atoms with E-state index >= 15 is 0 Å². The van der Waals surface area contributed by atoms with Crippen molar-refractivity contribution in [3.05, 3.63) is 48.4 Å². The molecule has 0 radical (unpaired) electrons. The van der Waals surface area contributed by atoms with Gasteiger partial charge in [0.1, 0.15) is 18.8 Å². The van der Waals surface area contributed by atoms with Crippen LogP contribution in [0.4, 0.5) is 11.5 Å². The van der Waals surface area contributed by atoms with E-state index in [1.165, 1.54) is 6.33 Å². The molecule has 0 saturated carbocycles. The van der Waals surface area contributed by atoms with Gasteiger partial charge >= 0.3 is 5.97 Å². The number of fused-ring (bicyclic) bond motifs is 1. The van der Waals surface area contributed by atoms with Gasteiger partial charge in [-0.25, -0.2) is 9.78 Å². The van der Waals surface area contributed by atoms with Gasteiger partial charge in [0.25, 0.3) is 5.78 Å². The first kappa shape index (κ1) is 17.3. The van der Waals surface area contributed by atoms with E-state index in [2.05, 4.69) is 20.0 Å². The lowest BCUT2D eigenvalue weighted by Crippen LogP contribution is -2.35. The molecule has 1 aromatic carbocycles. The lowest BCUT2D eigenvalue weighted by atomic mass is 10.2. The Kier molecular flexibility index (Phi) is 4.62. The monoisotopic (exact) mass is 366 g/mol. The second-order valence-electron chi connectivity index (χ2n) is 6.81. The fraction of sp³-hybridized carbons (Fsp3) is 0.368. The van der Waals surface area contributed by atoms with Crippen LogP contribution in [0.15, 0.2) is 42.9 Å². The van der Waals surface area contributed by atoms with Gasteiger partial charge in [-0.2, -0.15) is 14.6 Å². The topological polar surface area (TPSA) is 75.9 Å². The van der Waals surface area contributed by atoms with Gasteiger partial charge in [-0.1, -0.05) is 6.07 Å². The van der Waals surface area contributed by atoms with Crippen LogP contribution in [-0.4, -0.2) is 58.8 Å². The minimum atomic E-state index is -0.300. The van der Waals surface area contributed by atoms with Crippen LogP contribution in [0.5, 0.6) is 0 Å². The minimum absolute atomic E-state index is 0.112. The molecule has 0 amide bonds. The minimum Gasteiger partial charge on any atom is -0.460 e. The normalized spacial score (nSPS) is 16.7. The number of anilines is 2. The van der Waals surface area contributed by atoms with Crippen molar-refractivity contribution in [1.82, 2.24) is 19.6 Å². The molecule has 3 aromatic rings. The molecule has 1 unspecified atom stereocenters. The number of benzene rings is 1. The second kappa shape index (κ2) is 7.22. The summed E-state index contributed by atoms with van der Waals surface area (Å²) in [6.45, 7) is 1.22. The number of esters is 1. The van der Waals surface area contributed by atoms with E-state index < -0.39 is 0 Å². The summed E-state index contributed by atoms with van der Waals surface area (Å²) in [7, 11) is 3.89. The maximum atomic E-state index is 12.5. The fourth-order valence-electron chi connectivity index (χ4n) is 3.42. The molecule has 3 heterocycles. The first-order valence-electron chi connectivity index (χ1n) is 8.99. The van der Waals surface area contributed by atoms with Crippen LogP contribution in [0.3, 0.4) is 0 Å². The van der Waals surface area contributed by atoms with E-state index in [1.54, 1.807) is 16.8 Å². The van der Waals surface area contributed by atoms with Crippen molar-refractivity contribution in [2.75, 3.05) is 37.0 Å². The van der Waals surface area contributed by atoms with Gasteiger partial charge in [0.2, 0.25) is 0 Å². The highest BCUT2D eigenvalue weighted by atomic mass is 16.5. The molecule has 140 valence electrons. The molecule has 0 bridgehead atoms. The third-order valence-corrected chi connectivity index (χ3v) is 4.84. The molecule has 1 fully saturated rings. The number of ether oxygens (including phenoxy) is 1. The smallest absolute Gasteiger partial charge is 0.338 e. The summed E-state index contributed by atoms with van der Waals surface area (Å²) in [6.07, 6.45) is 5.22. The third kappa shape index (κ3) is 3.42. The lowest BCUT2D eigenvalue weighted by Gasteiger charge is -2.26. The van der Waals surface area contributed by atoms with Gasteiger partial charge < -0.3 is 14.5 Å². The van der Waals surface area contributed by atoms with Crippen molar-refractivity contribution in [2.24, 2.45) is 0 Å². The zero-order chi connectivity index (χ0) is 18.8. The van der Waals surface area contributed by atoms with Crippen molar-refractivity contribution in [3.8, 4) is 0 Å². The van der Waals surface area contributed by atoms with Gasteiger partial charge in [-0.3, -0.25) is 0 Å². The molecule has 0 aliphatic carbocycles. The highest BCUT2D eigenvalue weighted by molar-refractivity contribution is 5.90. The maximum Gasteiger partial charge on any atom is 0.338 e. The fourth-order valence-corrected chi connectivity index (χ4v) is 3.42. The molecule has 1 aliphatic heterocycles. The van der Waals surface area contributed by atoms with Crippen LogP contribution in [0.25, 0.3) is 5.78 Å². The van der Waals surface area contributed by atoms with Crippen LogP contribution >= 0.6 is 0 Å². The van der Waals surface area contributed by atoms with Crippen LogP contribution in [0.1, 0.15) is 23.2 Å². The number of carbonyl (C=O) groups is 1. The molecular weight excluding hydrogens is 344 g/mol. The van der Waals surface area contributed by atoms with E-state index in [0.29, 0.717) is 17.9 Å². The van der Waals surface area contributed by atoms with Crippen LogP contribution in [-0.2, 0) is 4.74 Å². The largest absolute Gasteiger partial charge is 0.460 e. The number of rotatable bonds is 5. The Morgan fingerprint density at radius 2 is 2.19 bits per heavy atom. The number of aromatic nitrogens is 4. The Morgan fingerprint density at radius 3 is 3.04 bits per heavy atom. The van der Waals surface area contributed by atoms with E-state index in [4.69, 9.17) is 4.74 Å². The summed E-state index contributed by atoms with van der Waals surface area (Å²) in [5.74, 6) is 1.19. The average molecular weight is 366 g/mol. The molecule has 27 heavy (non-hydrogen) atoms. The van der Waals surface area contributed by atoms with Crippen molar-refractivity contribution in [1.29, 1.82) is 0 Å². The number of carbonyl (C=O) groups excluding carboxylic acids is 1. The van der Waals surface area contributed by atoms with Gasteiger partial charge in [-0.05, 0) is 37.1 Å². The predicted octanol–water partition coefficient (Wildman–Crippen LogP) is 2.02. The zero-order valence-corrected chi connectivity index (χ0v) is 15.4. The predicted molar refractivity (Wildman–Crippen MR) is 102 cm³/mol. The van der Waals surface area contributed by atoms with Gasteiger partial charge in [0.15, 0.2) is 0 Å². The Labute approximate surface area is 157 Å². The number of nitrogens with zero attached hydrogens (tertiary/aromatic N) is 6. The highest BCUT2D eigenvalue weighted by Crippen LogP contribution is 2.25. The van der Waals surface area contributed by atoms with E-state index in [1.807, 2.05) is 43.3 Å².